The van der Waals surface area contributed by atoms with E-state index >= 15 is 0 Å². The van der Waals surface area contributed by atoms with E-state index in [-0.39, 0.29) is 10.6 Å². The van der Waals surface area contributed by atoms with Gasteiger partial charge >= 0.3 is 0 Å². The molecule has 2 rings (SSSR count). The van der Waals surface area contributed by atoms with Gasteiger partial charge in [0.2, 0.25) is 0 Å². The molecule has 3 N–H and O–H groups in total. The lowest BCUT2D eigenvalue weighted by Gasteiger charge is -2.18. The van der Waals surface area contributed by atoms with Gasteiger partial charge in [-0.3, -0.25) is 4.72 Å². The van der Waals surface area contributed by atoms with Gasteiger partial charge in [-0.1, -0.05) is 24.3 Å². The van der Waals surface area contributed by atoms with Crippen molar-refractivity contribution in [1.29, 1.82) is 0 Å². The molecular formula is C14H17N3O2S. The molecule has 0 bridgehead atoms. The van der Waals surface area contributed by atoms with E-state index in [4.69, 9.17) is 5.73 Å². The maximum absolute atomic E-state index is 12.4. The Morgan fingerprint density at radius 1 is 1.00 bits per heavy atom. The van der Waals surface area contributed by atoms with Crippen LogP contribution in [0.2, 0.25) is 0 Å². The SMILES string of the molecule is CN(C)c1ccccc1NS(=O)(=O)c1ccccc1N. The first-order valence-corrected chi connectivity index (χ1v) is 7.54. The molecule has 0 aliphatic rings. The zero-order valence-corrected chi connectivity index (χ0v) is 12.2. The molecule has 0 atom stereocenters. The van der Waals surface area contributed by atoms with Crippen molar-refractivity contribution in [2.24, 2.45) is 0 Å². The van der Waals surface area contributed by atoms with E-state index in [1.165, 1.54) is 6.07 Å². The summed E-state index contributed by atoms with van der Waals surface area (Å²) in [6.45, 7) is 0. The first-order chi connectivity index (χ1) is 9.42. The fourth-order valence-electron chi connectivity index (χ4n) is 1.87. The van der Waals surface area contributed by atoms with Crippen molar-refractivity contribution in [3.8, 4) is 0 Å². The summed E-state index contributed by atoms with van der Waals surface area (Å²) >= 11 is 0. The quantitative estimate of drug-likeness (QED) is 0.846. The van der Waals surface area contributed by atoms with Gasteiger partial charge < -0.3 is 10.6 Å². The summed E-state index contributed by atoms with van der Waals surface area (Å²) in [6.07, 6.45) is 0. The van der Waals surface area contributed by atoms with Crippen LogP contribution in [-0.4, -0.2) is 22.5 Å². The van der Waals surface area contributed by atoms with Crippen LogP contribution in [0.5, 0.6) is 0 Å². The highest BCUT2D eigenvalue weighted by molar-refractivity contribution is 7.92. The summed E-state index contributed by atoms with van der Waals surface area (Å²) in [5.41, 5.74) is 7.25. The molecule has 0 aromatic heterocycles. The monoisotopic (exact) mass is 291 g/mol. The molecule has 2 aromatic rings. The molecule has 6 heteroatoms. The lowest BCUT2D eigenvalue weighted by Crippen LogP contribution is -2.18. The molecule has 0 heterocycles. The predicted octanol–water partition coefficient (Wildman–Crippen LogP) is 2.14. The van der Waals surface area contributed by atoms with Crippen molar-refractivity contribution in [1.82, 2.24) is 0 Å². The van der Waals surface area contributed by atoms with E-state index < -0.39 is 10.0 Å². The minimum Gasteiger partial charge on any atom is -0.398 e. The largest absolute Gasteiger partial charge is 0.398 e. The van der Waals surface area contributed by atoms with Gasteiger partial charge in [0.1, 0.15) is 4.90 Å². The molecule has 106 valence electrons. The third-order valence-electron chi connectivity index (χ3n) is 2.84. The summed E-state index contributed by atoms with van der Waals surface area (Å²) in [6, 6.07) is 13.6. The number of hydrogen-bond acceptors (Lipinski definition) is 4. The van der Waals surface area contributed by atoms with Crippen LogP contribution < -0.4 is 15.4 Å². The van der Waals surface area contributed by atoms with Crippen LogP contribution in [0, 0.1) is 0 Å². The molecule has 0 saturated heterocycles. The summed E-state index contributed by atoms with van der Waals surface area (Å²) in [4.78, 5) is 1.92. The number of nitrogens with two attached hydrogens (primary N) is 1. The lowest BCUT2D eigenvalue weighted by molar-refractivity contribution is 0.601. The minimum atomic E-state index is -3.70. The van der Waals surface area contributed by atoms with Crippen LogP contribution in [-0.2, 0) is 10.0 Å². The number of nitrogen functional groups attached to an aromatic ring is 1. The van der Waals surface area contributed by atoms with Gasteiger partial charge in [-0.2, -0.15) is 0 Å². The van der Waals surface area contributed by atoms with Gasteiger partial charge in [0.15, 0.2) is 0 Å². The van der Waals surface area contributed by atoms with Gasteiger partial charge in [-0.15, -0.1) is 0 Å². The fourth-order valence-corrected chi connectivity index (χ4v) is 3.08. The smallest absolute Gasteiger partial charge is 0.264 e. The number of nitrogens with one attached hydrogen (secondary N) is 1. The summed E-state index contributed by atoms with van der Waals surface area (Å²) in [5.74, 6) is 0. The Hall–Kier alpha value is -2.21. The van der Waals surface area contributed by atoms with Crippen molar-refractivity contribution >= 4 is 27.1 Å². The normalized spacial score (nSPS) is 11.1. The van der Waals surface area contributed by atoms with Gasteiger partial charge in [-0.25, -0.2) is 8.42 Å². The van der Waals surface area contributed by atoms with E-state index in [0.717, 1.165) is 5.69 Å². The van der Waals surface area contributed by atoms with Crippen LogP contribution in [0.15, 0.2) is 53.4 Å². The van der Waals surface area contributed by atoms with Gasteiger partial charge in [0.25, 0.3) is 10.0 Å². The van der Waals surface area contributed by atoms with Crippen LogP contribution in [0.1, 0.15) is 0 Å². The standard InChI is InChI=1S/C14H17N3O2S/c1-17(2)13-9-5-4-8-12(13)16-20(18,19)14-10-6-3-7-11(14)15/h3-10,16H,15H2,1-2H3. The van der Waals surface area contributed by atoms with Crippen molar-refractivity contribution in [2.45, 2.75) is 4.90 Å². The van der Waals surface area contributed by atoms with Crippen molar-refractivity contribution < 1.29 is 8.42 Å². The third-order valence-corrected chi connectivity index (χ3v) is 4.28. The van der Waals surface area contributed by atoms with E-state index in [9.17, 15) is 8.42 Å². The topological polar surface area (TPSA) is 75.4 Å². The number of anilines is 3. The second kappa shape index (κ2) is 5.42. The minimum absolute atomic E-state index is 0.0774. The average Bonchev–Trinajstić information content (AvgIpc) is 2.39. The molecule has 0 aliphatic heterocycles. The number of rotatable bonds is 4. The fraction of sp³-hybridized carbons (Fsp3) is 0.143. The first kappa shape index (κ1) is 14.2. The molecular weight excluding hydrogens is 274 g/mol. The molecule has 20 heavy (non-hydrogen) atoms. The first-order valence-electron chi connectivity index (χ1n) is 6.05. The van der Waals surface area contributed by atoms with Crippen molar-refractivity contribution in [3.05, 3.63) is 48.5 Å². The molecule has 5 nitrogen and oxygen atoms in total. The van der Waals surface area contributed by atoms with Gasteiger partial charge in [0, 0.05) is 14.1 Å². The lowest BCUT2D eigenvalue weighted by atomic mass is 10.2. The highest BCUT2D eigenvalue weighted by Crippen LogP contribution is 2.27. The highest BCUT2D eigenvalue weighted by atomic mass is 32.2. The van der Waals surface area contributed by atoms with Crippen molar-refractivity contribution in [2.75, 3.05) is 29.5 Å². The Labute approximate surface area is 119 Å². The second-order valence-corrected chi connectivity index (χ2v) is 6.21. The number of para-hydroxylation sites is 3. The van der Waals surface area contributed by atoms with Crippen LogP contribution in [0.3, 0.4) is 0 Å². The van der Waals surface area contributed by atoms with Crippen molar-refractivity contribution in [3.63, 3.8) is 0 Å². The summed E-state index contributed by atoms with van der Waals surface area (Å²) in [5, 5.41) is 0. The molecule has 0 aliphatic carbocycles. The van der Waals surface area contributed by atoms with Crippen LogP contribution in [0.4, 0.5) is 17.1 Å². The second-order valence-electron chi connectivity index (χ2n) is 4.55. The molecule has 0 radical (unpaired) electrons. The van der Waals surface area contributed by atoms with E-state index in [1.54, 1.807) is 30.3 Å². The van der Waals surface area contributed by atoms with Gasteiger partial charge in [0.05, 0.1) is 17.1 Å². The van der Waals surface area contributed by atoms with E-state index in [0.29, 0.717) is 5.69 Å². The molecule has 0 fully saturated rings. The molecule has 0 amide bonds. The number of nitrogens with zero attached hydrogens (tertiary/aromatic N) is 1. The zero-order chi connectivity index (χ0) is 14.8. The van der Waals surface area contributed by atoms with Gasteiger partial charge in [-0.05, 0) is 24.3 Å². The highest BCUT2D eigenvalue weighted by Gasteiger charge is 2.18. The number of sulfonamides is 1. The van der Waals surface area contributed by atoms with E-state index in [1.807, 2.05) is 31.1 Å². The molecule has 0 spiro atoms. The van der Waals surface area contributed by atoms with Crippen LogP contribution in [0.25, 0.3) is 0 Å². The summed E-state index contributed by atoms with van der Waals surface area (Å²) in [7, 11) is 0.000712. The molecule has 0 saturated carbocycles. The third kappa shape index (κ3) is 2.85. The number of hydrogen-bond donors (Lipinski definition) is 2. The Morgan fingerprint density at radius 3 is 2.25 bits per heavy atom. The molecule has 2 aromatic carbocycles. The predicted molar refractivity (Wildman–Crippen MR) is 82.4 cm³/mol. The Balaban J connectivity index is 2.42. The molecule has 0 unspecified atom stereocenters. The Morgan fingerprint density at radius 2 is 1.60 bits per heavy atom. The zero-order valence-electron chi connectivity index (χ0n) is 11.4. The average molecular weight is 291 g/mol. The Kier molecular flexibility index (Phi) is 3.85. The van der Waals surface area contributed by atoms with Crippen LogP contribution >= 0.6 is 0 Å². The maximum Gasteiger partial charge on any atom is 0.264 e. The summed E-state index contributed by atoms with van der Waals surface area (Å²) < 4.78 is 27.4. The maximum atomic E-state index is 12.4. The van der Waals surface area contributed by atoms with E-state index in [2.05, 4.69) is 4.72 Å². The number of benzene rings is 2. The Bertz CT molecular complexity index is 712.